The van der Waals surface area contributed by atoms with Gasteiger partial charge < -0.3 is 24.5 Å². The fourth-order valence-electron chi connectivity index (χ4n) is 6.29. The molecule has 4 aromatic heterocycles. The van der Waals surface area contributed by atoms with Gasteiger partial charge in [0.25, 0.3) is 0 Å². The molecule has 2 aliphatic heterocycles. The average molecular weight is 582 g/mol. The van der Waals surface area contributed by atoms with Crippen LogP contribution < -0.4 is 15.1 Å². The highest BCUT2D eigenvalue weighted by molar-refractivity contribution is 5.95. The highest BCUT2D eigenvalue weighted by Gasteiger charge is 2.46. The zero-order valence-electron chi connectivity index (χ0n) is 23.6. The van der Waals surface area contributed by atoms with Crippen LogP contribution in [0.25, 0.3) is 5.65 Å². The predicted molar refractivity (Wildman–Crippen MR) is 155 cm³/mol. The number of rotatable bonds is 7. The van der Waals surface area contributed by atoms with Crippen molar-refractivity contribution in [2.75, 3.05) is 34.8 Å². The summed E-state index contributed by atoms with van der Waals surface area (Å²) in [5, 5.41) is 13.7. The number of ether oxygens (including phenoxy) is 1. The molecular formula is C30H31N9O4. The maximum Gasteiger partial charge on any atom is 0.414 e. The highest BCUT2D eigenvalue weighted by atomic mass is 16.6. The van der Waals surface area contributed by atoms with Crippen LogP contribution >= 0.6 is 0 Å². The van der Waals surface area contributed by atoms with Crippen LogP contribution in [0.2, 0.25) is 0 Å². The maximum atomic E-state index is 13.0. The summed E-state index contributed by atoms with van der Waals surface area (Å²) >= 11 is 0. The van der Waals surface area contributed by atoms with Crippen molar-refractivity contribution in [1.29, 1.82) is 0 Å². The van der Waals surface area contributed by atoms with E-state index in [4.69, 9.17) is 9.72 Å². The topological polar surface area (TPSA) is 151 Å². The minimum absolute atomic E-state index is 0.00195. The number of hydrogen-bond donors (Lipinski definition) is 2. The van der Waals surface area contributed by atoms with E-state index in [1.807, 2.05) is 28.5 Å². The molecule has 0 unspecified atom stereocenters. The van der Waals surface area contributed by atoms with Gasteiger partial charge in [-0.15, -0.1) is 0 Å². The Morgan fingerprint density at radius 3 is 2.79 bits per heavy atom. The Labute approximate surface area is 247 Å². The standard InChI is InChI=1S/C30H31N9O4/c1-16-4-5-31-27(34-16)20-10-21(20)29(41)36-25-11-26(33-15-32-25)39-13-19(40)9-23(39)22-14-37-12-18(17-2-3-17)8-24(28(37)35-22)38-6-7-43-30(38)42/h4-5,8,11-12,14-15,17,19-21,23,40H,2-3,6-7,9-10,13H2,1H3,(H,32,33,36,41)/t19-,20-,21-,23+/m0/s1. The van der Waals surface area contributed by atoms with E-state index in [2.05, 4.69) is 37.5 Å². The number of aryl methyl sites for hydroxylation is 1. The minimum Gasteiger partial charge on any atom is -0.447 e. The minimum atomic E-state index is -0.584. The molecular weight excluding hydrogens is 550 g/mol. The number of β-amino-alcohol motifs (C(OH)–C–C–N with tert-alkyl or cyclic N) is 1. The van der Waals surface area contributed by atoms with Gasteiger partial charge >= 0.3 is 6.09 Å². The third kappa shape index (κ3) is 4.83. The van der Waals surface area contributed by atoms with Gasteiger partial charge in [-0.3, -0.25) is 9.69 Å². The summed E-state index contributed by atoms with van der Waals surface area (Å²) in [6, 6.07) is 5.37. The van der Waals surface area contributed by atoms with Crippen LogP contribution in [0.3, 0.4) is 0 Å². The Morgan fingerprint density at radius 2 is 2.00 bits per heavy atom. The van der Waals surface area contributed by atoms with Crippen LogP contribution in [0.1, 0.15) is 66.3 Å². The Morgan fingerprint density at radius 1 is 1.12 bits per heavy atom. The molecule has 2 N–H and O–H groups in total. The lowest BCUT2D eigenvalue weighted by atomic mass is 10.1. The molecule has 2 saturated heterocycles. The fourth-order valence-corrected chi connectivity index (χ4v) is 6.29. The van der Waals surface area contributed by atoms with E-state index < -0.39 is 6.10 Å². The molecule has 4 atom stereocenters. The molecule has 2 saturated carbocycles. The summed E-state index contributed by atoms with van der Waals surface area (Å²) in [5.74, 6) is 1.83. The molecule has 4 aliphatic rings. The molecule has 4 aromatic rings. The number of pyridine rings is 1. The summed E-state index contributed by atoms with van der Waals surface area (Å²) < 4.78 is 7.22. The second-order valence-electron chi connectivity index (χ2n) is 11.9. The van der Waals surface area contributed by atoms with Gasteiger partial charge in [-0.25, -0.2) is 29.7 Å². The Hall–Kier alpha value is -4.65. The molecule has 8 rings (SSSR count). The van der Waals surface area contributed by atoms with Crippen LogP contribution in [0.5, 0.6) is 0 Å². The number of imidazole rings is 1. The van der Waals surface area contributed by atoms with E-state index in [0.29, 0.717) is 61.6 Å². The zero-order chi connectivity index (χ0) is 29.2. The lowest BCUT2D eigenvalue weighted by molar-refractivity contribution is -0.117. The fraction of sp³-hybridized carbons (Fsp3) is 0.433. The van der Waals surface area contributed by atoms with Gasteiger partial charge in [0.15, 0.2) is 5.65 Å². The van der Waals surface area contributed by atoms with Crippen molar-refractivity contribution in [1.82, 2.24) is 29.3 Å². The van der Waals surface area contributed by atoms with Gasteiger partial charge in [0, 0.05) is 55.2 Å². The molecule has 6 heterocycles. The van der Waals surface area contributed by atoms with Crippen molar-refractivity contribution in [2.45, 2.75) is 56.6 Å². The third-order valence-corrected chi connectivity index (χ3v) is 8.76. The number of aliphatic hydroxyl groups excluding tert-OH is 1. The number of nitrogens with one attached hydrogen (secondary N) is 1. The number of nitrogens with zero attached hydrogens (tertiary/aromatic N) is 8. The second-order valence-corrected chi connectivity index (χ2v) is 11.9. The lowest BCUT2D eigenvalue weighted by Crippen LogP contribution is -2.26. The number of hydrogen-bond acceptors (Lipinski definition) is 10. The zero-order valence-corrected chi connectivity index (χ0v) is 23.6. The molecule has 2 aliphatic carbocycles. The van der Waals surface area contributed by atoms with Gasteiger partial charge in [-0.05, 0) is 49.8 Å². The van der Waals surface area contributed by atoms with Crippen molar-refractivity contribution < 1.29 is 19.4 Å². The van der Waals surface area contributed by atoms with Gasteiger partial charge in [0.05, 0.1) is 30.1 Å². The van der Waals surface area contributed by atoms with Crippen LogP contribution in [0.4, 0.5) is 22.1 Å². The SMILES string of the molecule is Cc1ccnc([C@H]2C[C@@H]2C(=O)Nc2cc(N3C[C@@H](O)C[C@@H]3c3cn4cc(C5CC5)cc(N5CCOC5=O)c4n3)ncn2)n1. The summed E-state index contributed by atoms with van der Waals surface area (Å²) in [7, 11) is 0. The normalized spacial score (nSPS) is 24.9. The molecule has 4 fully saturated rings. The average Bonchev–Trinajstić information content (AvgIpc) is 3.88. The van der Waals surface area contributed by atoms with Gasteiger partial charge in [0.1, 0.15) is 30.4 Å². The smallest absolute Gasteiger partial charge is 0.414 e. The molecule has 0 bridgehead atoms. The van der Waals surface area contributed by atoms with Crippen molar-refractivity contribution in [3.8, 4) is 0 Å². The number of carbonyl (C=O) groups is 2. The first kappa shape index (κ1) is 26.0. The third-order valence-electron chi connectivity index (χ3n) is 8.76. The van der Waals surface area contributed by atoms with Crippen LogP contribution in [0, 0.1) is 12.8 Å². The predicted octanol–water partition coefficient (Wildman–Crippen LogP) is 3.11. The number of cyclic esters (lactones) is 1. The molecule has 0 radical (unpaired) electrons. The number of carbonyl (C=O) groups excluding carboxylic acids is 2. The summed E-state index contributed by atoms with van der Waals surface area (Å²) in [6.07, 6.45) is 9.69. The number of anilines is 3. The lowest BCUT2D eigenvalue weighted by Gasteiger charge is -2.24. The largest absolute Gasteiger partial charge is 0.447 e. The Bertz CT molecular complexity index is 1750. The van der Waals surface area contributed by atoms with E-state index >= 15 is 0 Å². The number of aliphatic hydroxyl groups is 1. The van der Waals surface area contributed by atoms with Crippen LogP contribution in [-0.2, 0) is 9.53 Å². The Kier molecular flexibility index (Phi) is 6.03. The van der Waals surface area contributed by atoms with E-state index in [0.717, 1.165) is 29.9 Å². The van der Waals surface area contributed by atoms with Crippen LogP contribution in [0.15, 0.2) is 43.1 Å². The first-order valence-electron chi connectivity index (χ1n) is 14.8. The second kappa shape index (κ2) is 9.97. The highest BCUT2D eigenvalue weighted by Crippen LogP contribution is 2.47. The Balaban J connectivity index is 1.06. The van der Waals surface area contributed by atoms with E-state index in [-0.39, 0.29) is 29.9 Å². The summed E-state index contributed by atoms with van der Waals surface area (Å²) in [4.78, 5) is 51.7. The van der Waals surface area contributed by atoms with Crippen LogP contribution in [-0.4, -0.2) is 72.2 Å². The van der Waals surface area contributed by atoms with Crippen molar-refractivity contribution in [3.63, 3.8) is 0 Å². The monoisotopic (exact) mass is 581 g/mol. The van der Waals surface area contributed by atoms with E-state index in [9.17, 15) is 14.7 Å². The molecule has 0 aromatic carbocycles. The molecule has 13 nitrogen and oxygen atoms in total. The van der Waals surface area contributed by atoms with Crippen molar-refractivity contribution in [2.24, 2.45) is 5.92 Å². The van der Waals surface area contributed by atoms with Gasteiger partial charge in [0.2, 0.25) is 5.91 Å². The molecule has 43 heavy (non-hydrogen) atoms. The van der Waals surface area contributed by atoms with Gasteiger partial charge in [-0.1, -0.05) is 0 Å². The van der Waals surface area contributed by atoms with E-state index in [1.54, 1.807) is 17.2 Å². The van der Waals surface area contributed by atoms with Crippen molar-refractivity contribution >= 4 is 35.0 Å². The first-order chi connectivity index (χ1) is 20.9. The number of amides is 2. The van der Waals surface area contributed by atoms with Crippen molar-refractivity contribution in [3.05, 3.63) is 65.9 Å². The number of fused-ring (bicyclic) bond motifs is 1. The first-order valence-corrected chi connectivity index (χ1v) is 14.8. The molecule has 0 spiro atoms. The number of aromatic nitrogens is 6. The van der Waals surface area contributed by atoms with Gasteiger partial charge in [-0.2, -0.15) is 0 Å². The summed E-state index contributed by atoms with van der Waals surface area (Å²) in [5.41, 5.74) is 4.23. The molecule has 220 valence electrons. The molecule has 2 amide bonds. The quantitative estimate of drug-likeness (QED) is 0.333. The summed E-state index contributed by atoms with van der Waals surface area (Å²) in [6.45, 7) is 3.10. The van der Waals surface area contributed by atoms with E-state index in [1.165, 1.54) is 11.9 Å². The maximum absolute atomic E-state index is 13.0. The molecule has 13 heteroatoms.